The van der Waals surface area contributed by atoms with Gasteiger partial charge in [0, 0.05) is 50.6 Å². The fourth-order valence-electron chi connectivity index (χ4n) is 6.09. The second-order valence-electron chi connectivity index (χ2n) is 9.15. The summed E-state index contributed by atoms with van der Waals surface area (Å²) < 4.78 is 5.79. The van der Waals surface area contributed by atoms with Crippen LogP contribution in [0, 0.1) is 11.8 Å². The van der Waals surface area contributed by atoms with E-state index in [-0.39, 0.29) is 12.1 Å². The predicted molar refractivity (Wildman–Crippen MR) is 111 cm³/mol. The molecule has 2 bridgehead atoms. The van der Waals surface area contributed by atoms with E-state index in [4.69, 9.17) is 4.74 Å². The van der Waals surface area contributed by atoms with Gasteiger partial charge in [-0.1, -0.05) is 30.3 Å². The molecule has 4 aliphatic heterocycles. The van der Waals surface area contributed by atoms with Gasteiger partial charge in [0.1, 0.15) is 6.10 Å². The van der Waals surface area contributed by atoms with Crippen molar-refractivity contribution in [2.75, 3.05) is 19.6 Å². The molecule has 0 saturated carbocycles. The van der Waals surface area contributed by atoms with E-state index in [0.717, 1.165) is 50.9 Å². The highest BCUT2D eigenvalue weighted by molar-refractivity contribution is 5.87. The van der Waals surface area contributed by atoms with Crippen LogP contribution < -0.4 is 0 Å². The summed E-state index contributed by atoms with van der Waals surface area (Å²) in [4.78, 5) is 29.6. The van der Waals surface area contributed by atoms with Crippen molar-refractivity contribution in [2.24, 2.45) is 11.8 Å². The Labute approximate surface area is 172 Å². The molecule has 5 atom stereocenters. The second-order valence-corrected chi connectivity index (χ2v) is 9.15. The van der Waals surface area contributed by atoms with Gasteiger partial charge in [0.15, 0.2) is 0 Å². The van der Waals surface area contributed by atoms with E-state index < -0.39 is 0 Å². The quantitative estimate of drug-likeness (QED) is 0.584. The van der Waals surface area contributed by atoms with Crippen LogP contribution in [0.25, 0.3) is 6.08 Å². The molecule has 4 aliphatic rings. The van der Waals surface area contributed by atoms with Crippen molar-refractivity contribution in [1.82, 2.24) is 9.80 Å². The molecule has 0 spiro atoms. The summed E-state index contributed by atoms with van der Waals surface area (Å²) in [5, 5.41) is 0. The van der Waals surface area contributed by atoms with Gasteiger partial charge < -0.3 is 9.64 Å². The van der Waals surface area contributed by atoms with Gasteiger partial charge in [0.25, 0.3) is 0 Å². The van der Waals surface area contributed by atoms with Crippen LogP contribution in [-0.4, -0.2) is 59.5 Å². The fourth-order valence-corrected chi connectivity index (χ4v) is 6.09. The third-order valence-electron chi connectivity index (χ3n) is 7.41. The zero-order valence-corrected chi connectivity index (χ0v) is 16.9. The largest absolute Gasteiger partial charge is 0.459 e. The first kappa shape index (κ1) is 18.9. The molecule has 4 heterocycles. The molecule has 0 aliphatic carbocycles. The minimum atomic E-state index is -0.254. The Morgan fingerprint density at radius 1 is 1.03 bits per heavy atom. The molecule has 0 unspecified atom stereocenters. The first-order valence-electron chi connectivity index (χ1n) is 11.1. The lowest BCUT2D eigenvalue weighted by molar-refractivity contribution is -0.155. The monoisotopic (exact) mass is 394 g/mol. The van der Waals surface area contributed by atoms with Crippen molar-refractivity contribution < 1.29 is 14.3 Å². The van der Waals surface area contributed by atoms with E-state index in [2.05, 4.69) is 9.80 Å². The third kappa shape index (κ3) is 3.85. The predicted octanol–water partition coefficient (Wildman–Crippen LogP) is 3.11. The van der Waals surface area contributed by atoms with Crippen LogP contribution >= 0.6 is 0 Å². The highest BCUT2D eigenvalue weighted by Gasteiger charge is 2.49. The maximum absolute atomic E-state index is 12.5. The van der Waals surface area contributed by atoms with Crippen molar-refractivity contribution in [2.45, 2.75) is 56.7 Å². The van der Waals surface area contributed by atoms with Gasteiger partial charge in [-0.3, -0.25) is 9.69 Å². The highest BCUT2D eigenvalue weighted by atomic mass is 16.5. The average Bonchev–Trinajstić information content (AvgIpc) is 2.74. The summed E-state index contributed by atoms with van der Waals surface area (Å²) in [6, 6.07) is 10.7. The smallest absolute Gasteiger partial charge is 0.331 e. The summed E-state index contributed by atoms with van der Waals surface area (Å²) in [5.41, 5.74) is 1.00. The molecule has 0 radical (unpaired) electrons. The lowest BCUT2D eigenvalue weighted by Crippen LogP contribution is -2.65. The summed E-state index contributed by atoms with van der Waals surface area (Å²) in [6.45, 7) is 3.00. The summed E-state index contributed by atoms with van der Waals surface area (Å²) in [6.07, 6.45) is 9.32. The van der Waals surface area contributed by atoms with E-state index in [1.54, 1.807) is 0 Å². The number of fused-ring (bicyclic) bond motifs is 6. The van der Waals surface area contributed by atoms with Crippen LogP contribution in [0.3, 0.4) is 0 Å². The Balaban J connectivity index is 1.21. The lowest BCUT2D eigenvalue weighted by atomic mass is 9.70. The molecule has 29 heavy (non-hydrogen) atoms. The molecule has 5 nitrogen and oxygen atoms in total. The van der Waals surface area contributed by atoms with Crippen LogP contribution in [0.4, 0.5) is 0 Å². The van der Waals surface area contributed by atoms with Crippen molar-refractivity contribution in [1.29, 1.82) is 0 Å². The molecule has 1 amide bonds. The normalized spacial score (nSPS) is 34.6. The van der Waals surface area contributed by atoms with E-state index in [0.29, 0.717) is 29.8 Å². The molecule has 4 saturated heterocycles. The van der Waals surface area contributed by atoms with Gasteiger partial charge in [-0.2, -0.15) is 0 Å². The van der Waals surface area contributed by atoms with E-state index in [1.807, 2.05) is 36.4 Å². The SMILES string of the molecule is O=C(/C=C/c1ccccc1)O[C@H]1CCN2C[C@H]3C[C@H](CN4C(=O)CCC[C@H]34)[C@@H]2C1. The minimum absolute atomic E-state index is 0.0181. The van der Waals surface area contributed by atoms with Crippen LogP contribution in [0.1, 0.15) is 44.1 Å². The van der Waals surface area contributed by atoms with Crippen molar-refractivity contribution in [3.05, 3.63) is 42.0 Å². The van der Waals surface area contributed by atoms with Gasteiger partial charge in [0.05, 0.1) is 0 Å². The summed E-state index contributed by atoms with van der Waals surface area (Å²) in [7, 11) is 0. The number of piperidine rings is 4. The van der Waals surface area contributed by atoms with Crippen LogP contribution in [-0.2, 0) is 14.3 Å². The van der Waals surface area contributed by atoms with Crippen molar-refractivity contribution in [3.8, 4) is 0 Å². The molecule has 1 aromatic carbocycles. The Hall–Kier alpha value is -2.14. The standard InChI is InChI=1S/C24H30N2O3/c27-23-8-4-7-21-18-13-19(16-26(21)23)22-14-20(11-12-25(22)15-18)29-24(28)10-9-17-5-2-1-3-6-17/h1-3,5-6,9-10,18-22H,4,7-8,11-16H2/b10-9+/t18-,19-,20+,21-,22+/m1/s1. The number of hydrogen-bond acceptors (Lipinski definition) is 4. The number of rotatable bonds is 3. The number of amides is 1. The number of carbonyl (C=O) groups is 2. The molecular formula is C24H30N2O3. The van der Waals surface area contributed by atoms with Crippen molar-refractivity contribution in [3.63, 3.8) is 0 Å². The molecule has 0 aromatic heterocycles. The number of hydrogen-bond donors (Lipinski definition) is 0. The Morgan fingerprint density at radius 2 is 1.86 bits per heavy atom. The maximum atomic E-state index is 12.5. The molecule has 5 heteroatoms. The number of esters is 1. The first-order valence-corrected chi connectivity index (χ1v) is 11.1. The zero-order chi connectivity index (χ0) is 19.8. The number of benzene rings is 1. The summed E-state index contributed by atoms with van der Waals surface area (Å²) >= 11 is 0. The Bertz CT molecular complexity index is 793. The molecule has 4 fully saturated rings. The molecule has 1 aromatic rings. The Morgan fingerprint density at radius 3 is 2.72 bits per heavy atom. The number of nitrogens with zero attached hydrogens (tertiary/aromatic N) is 2. The molecular weight excluding hydrogens is 364 g/mol. The van der Waals surface area contributed by atoms with E-state index in [1.165, 1.54) is 18.9 Å². The first-order chi connectivity index (χ1) is 14.2. The second kappa shape index (κ2) is 7.94. The van der Waals surface area contributed by atoms with Crippen LogP contribution in [0.15, 0.2) is 36.4 Å². The maximum Gasteiger partial charge on any atom is 0.331 e. The van der Waals surface area contributed by atoms with Crippen LogP contribution in [0.2, 0.25) is 0 Å². The van der Waals surface area contributed by atoms with Gasteiger partial charge in [-0.25, -0.2) is 4.79 Å². The van der Waals surface area contributed by atoms with E-state index >= 15 is 0 Å². The van der Waals surface area contributed by atoms with Gasteiger partial charge in [0.2, 0.25) is 5.91 Å². The van der Waals surface area contributed by atoms with E-state index in [9.17, 15) is 9.59 Å². The fraction of sp³-hybridized carbons (Fsp3) is 0.583. The van der Waals surface area contributed by atoms with Crippen LogP contribution in [0.5, 0.6) is 0 Å². The number of ether oxygens (including phenoxy) is 1. The zero-order valence-electron chi connectivity index (χ0n) is 16.9. The topological polar surface area (TPSA) is 49.9 Å². The molecule has 154 valence electrons. The van der Waals surface area contributed by atoms with Gasteiger partial charge >= 0.3 is 5.97 Å². The number of carbonyl (C=O) groups excluding carboxylic acids is 2. The molecule has 5 rings (SSSR count). The minimum Gasteiger partial charge on any atom is -0.459 e. The summed E-state index contributed by atoms with van der Waals surface area (Å²) in [5.74, 6) is 1.25. The van der Waals surface area contributed by atoms with Crippen molar-refractivity contribution >= 4 is 18.0 Å². The Kier molecular flexibility index (Phi) is 5.17. The third-order valence-corrected chi connectivity index (χ3v) is 7.41. The molecule has 0 N–H and O–H groups in total. The average molecular weight is 395 g/mol. The highest BCUT2D eigenvalue weighted by Crippen LogP contribution is 2.43. The van der Waals surface area contributed by atoms with Gasteiger partial charge in [-0.05, 0) is 49.2 Å². The van der Waals surface area contributed by atoms with Gasteiger partial charge in [-0.15, -0.1) is 0 Å². The lowest BCUT2D eigenvalue weighted by Gasteiger charge is -2.57.